The van der Waals surface area contributed by atoms with Crippen molar-refractivity contribution in [3.05, 3.63) is 107 Å². The van der Waals surface area contributed by atoms with Crippen LogP contribution in [0.5, 0.6) is 0 Å². The molecule has 5 heteroatoms. The summed E-state index contributed by atoms with van der Waals surface area (Å²) in [5.74, 6) is 0.421. The minimum Gasteiger partial charge on any atom is -0.491 e. The SMILES string of the molecule is O=C1C=CC2C([C@H](O)CNCc3ccccc3)=CC=C(OCc3ccccc3)C2N1. The lowest BCUT2D eigenvalue weighted by molar-refractivity contribution is -0.118. The number of fused-ring (bicyclic) bond motifs is 1. The van der Waals surface area contributed by atoms with Crippen LogP contribution in [-0.2, 0) is 22.7 Å². The Morgan fingerprint density at radius 2 is 1.70 bits per heavy atom. The number of allylic oxidation sites excluding steroid dienone is 2. The Hall–Kier alpha value is -3.15. The van der Waals surface area contributed by atoms with Crippen LogP contribution in [0, 0.1) is 5.92 Å². The first-order valence-corrected chi connectivity index (χ1v) is 10.2. The van der Waals surface area contributed by atoms with Gasteiger partial charge in [0, 0.05) is 19.0 Å². The largest absolute Gasteiger partial charge is 0.491 e. The summed E-state index contributed by atoms with van der Waals surface area (Å²) < 4.78 is 6.02. The number of ether oxygens (including phenoxy) is 1. The number of carbonyl (C=O) groups is 1. The maximum atomic E-state index is 12.0. The molecule has 0 spiro atoms. The van der Waals surface area contributed by atoms with Gasteiger partial charge >= 0.3 is 0 Å². The zero-order valence-corrected chi connectivity index (χ0v) is 16.7. The number of aliphatic hydroxyl groups excluding tert-OH is 1. The molecule has 0 aromatic heterocycles. The maximum absolute atomic E-state index is 12.0. The predicted molar refractivity (Wildman–Crippen MR) is 116 cm³/mol. The van der Waals surface area contributed by atoms with Crippen molar-refractivity contribution < 1.29 is 14.6 Å². The molecule has 2 aromatic carbocycles. The van der Waals surface area contributed by atoms with Gasteiger partial charge in [0.15, 0.2) is 0 Å². The van der Waals surface area contributed by atoms with Gasteiger partial charge in [0.1, 0.15) is 12.4 Å². The lowest BCUT2D eigenvalue weighted by atomic mass is 9.81. The number of nitrogens with one attached hydrogen (secondary N) is 2. The number of aliphatic hydroxyl groups is 1. The second kappa shape index (κ2) is 9.57. The molecule has 4 rings (SSSR count). The summed E-state index contributed by atoms with van der Waals surface area (Å²) >= 11 is 0. The van der Waals surface area contributed by atoms with E-state index in [9.17, 15) is 9.90 Å². The third-order valence-corrected chi connectivity index (χ3v) is 5.39. The van der Waals surface area contributed by atoms with Gasteiger partial charge in [-0.3, -0.25) is 4.79 Å². The van der Waals surface area contributed by atoms with Crippen molar-refractivity contribution in [3.63, 3.8) is 0 Å². The van der Waals surface area contributed by atoms with E-state index in [0.29, 0.717) is 25.5 Å². The molecule has 3 atom stereocenters. The zero-order valence-electron chi connectivity index (χ0n) is 16.7. The van der Waals surface area contributed by atoms with Crippen LogP contribution in [-0.4, -0.2) is 29.7 Å². The van der Waals surface area contributed by atoms with Crippen LogP contribution in [0.25, 0.3) is 0 Å². The van der Waals surface area contributed by atoms with Crippen molar-refractivity contribution in [2.45, 2.75) is 25.3 Å². The normalized spacial score (nSPS) is 21.2. The monoisotopic (exact) mass is 402 g/mol. The summed E-state index contributed by atoms with van der Waals surface area (Å²) in [5.41, 5.74) is 3.10. The number of hydrogen-bond acceptors (Lipinski definition) is 4. The Morgan fingerprint density at radius 1 is 1.00 bits per heavy atom. The molecule has 5 nitrogen and oxygen atoms in total. The van der Waals surface area contributed by atoms with E-state index in [4.69, 9.17) is 4.74 Å². The minimum absolute atomic E-state index is 0.132. The molecule has 1 aliphatic carbocycles. The van der Waals surface area contributed by atoms with E-state index in [2.05, 4.69) is 10.6 Å². The molecule has 0 fully saturated rings. The van der Waals surface area contributed by atoms with Gasteiger partial charge in [-0.25, -0.2) is 0 Å². The van der Waals surface area contributed by atoms with E-state index in [1.165, 1.54) is 11.6 Å². The topological polar surface area (TPSA) is 70.6 Å². The molecule has 2 aliphatic rings. The van der Waals surface area contributed by atoms with E-state index >= 15 is 0 Å². The van der Waals surface area contributed by atoms with E-state index in [1.54, 1.807) is 0 Å². The van der Waals surface area contributed by atoms with Gasteiger partial charge in [0.2, 0.25) is 5.91 Å². The third kappa shape index (κ3) is 4.87. The van der Waals surface area contributed by atoms with E-state index in [-0.39, 0.29) is 17.9 Å². The van der Waals surface area contributed by atoms with Crippen molar-refractivity contribution in [2.24, 2.45) is 5.92 Å². The van der Waals surface area contributed by atoms with Gasteiger partial charge in [-0.2, -0.15) is 0 Å². The molecule has 30 heavy (non-hydrogen) atoms. The highest BCUT2D eigenvalue weighted by molar-refractivity contribution is 5.89. The van der Waals surface area contributed by atoms with Crippen molar-refractivity contribution >= 4 is 5.91 Å². The zero-order chi connectivity index (χ0) is 20.8. The quantitative estimate of drug-likeness (QED) is 0.635. The molecule has 154 valence electrons. The van der Waals surface area contributed by atoms with Crippen molar-refractivity contribution in [1.82, 2.24) is 10.6 Å². The first kappa shape index (κ1) is 20.1. The van der Waals surface area contributed by atoms with Gasteiger partial charge in [-0.05, 0) is 28.9 Å². The van der Waals surface area contributed by atoms with Crippen LogP contribution < -0.4 is 10.6 Å². The van der Waals surface area contributed by atoms with Crippen molar-refractivity contribution in [3.8, 4) is 0 Å². The first-order chi connectivity index (χ1) is 14.7. The highest BCUT2D eigenvalue weighted by Gasteiger charge is 2.36. The third-order valence-electron chi connectivity index (χ3n) is 5.39. The van der Waals surface area contributed by atoms with Crippen LogP contribution >= 0.6 is 0 Å². The number of benzene rings is 2. The minimum atomic E-state index is -0.659. The predicted octanol–water partition coefficient (Wildman–Crippen LogP) is 2.85. The molecule has 2 aromatic rings. The highest BCUT2D eigenvalue weighted by Crippen LogP contribution is 2.32. The average molecular weight is 402 g/mol. The number of hydrogen-bond donors (Lipinski definition) is 3. The smallest absolute Gasteiger partial charge is 0.244 e. The summed E-state index contributed by atoms with van der Waals surface area (Å²) in [7, 11) is 0. The molecule has 2 unspecified atom stereocenters. The van der Waals surface area contributed by atoms with Gasteiger partial charge < -0.3 is 20.5 Å². The summed E-state index contributed by atoms with van der Waals surface area (Å²) in [6, 6.07) is 19.7. The molecular weight excluding hydrogens is 376 g/mol. The average Bonchev–Trinajstić information content (AvgIpc) is 2.78. The van der Waals surface area contributed by atoms with Gasteiger partial charge in [-0.1, -0.05) is 72.8 Å². The number of rotatable bonds is 8. The Morgan fingerprint density at radius 3 is 2.43 bits per heavy atom. The van der Waals surface area contributed by atoms with Crippen molar-refractivity contribution in [2.75, 3.05) is 6.54 Å². The van der Waals surface area contributed by atoms with E-state index in [0.717, 1.165) is 11.1 Å². The van der Waals surface area contributed by atoms with Crippen molar-refractivity contribution in [1.29, 1.82) is 0 Å². The van der Waals surface area contributed by atoms with Crippen LogP contribution in [0.1, 0.15) is 11.1 Å². The van der Waals surface area contributed by atoms with Crippen LogP contribution in [0.3, 0.4) is 0 Å². The second-order valence-electron chi connectivity index (χ2n) is 7.51. The molecule has 0 saturated heterocycles. The number of carbonyl (C=O) groups excluding carboxylic acids is 1. The highest BCUT2D eigenvalue weighted by atomic mass is 16.5. The maximum Gasteiger partial charge on any atom is 0.244 e. The lowest BCUT2D eigenvalue weighted by Crippen LogP contribution is -2.47. The molecule has 1 aliphatic heterocycles. The standard InChI is InChI=1S/C25H26N2O3/c28-22(16-26-15-18-7-3-1-4-8-18)20-11-13-23(25-21(20)12-14-24(29)27-25)30-17-19-9-5-2-6-10-19/h1-14,21-22,25-26,28H,15-17H2,(H,27,29)/t21?,22-,25?/m1/s1. The van der Waals surface area contributed by atoms with Gasteiger partial charge in [0.05, 0.1) is 12.1 Å². The molecule has 1 amide bonds. The molecule has 1 heterocycles. The first-order valence-electron chi connectivity index (χ1n) is 10.2. The Balaban J connectivity index is 1.43. The summed E-state index contributed by atoms with van der Waals surface area (Å²) in [5, 5.41) is 17.1. The molecule has 0 bridgehead atoms. The summed E-state index contributed by atoms with van der Waals surface area (Å²) in [6.07, 6.45) is 6.50. The van der Waals surface area contributed by atoms with E-state index in [1.807, 2.05) is 78.9 Å². The Bertz CT molecular complexity index is 951. The second-order valence-corrected chi connectivity index (χ2v) is 7.51. The Kier molecular flexibility index (Phi) is 6.42. The van der Waals surface area contributed by atoms with Gasteiger partial charge in [0.25, 0.3) is 0 Å². The Labute approximate surface area is 176 Å². The molecular formula is C25H26N2O3. The molecule has 3 N–H and O–H groups in total. The van der Waals surface area contributed by atoms with Gasteiger partial charge in [-0.15, -0.1) is 0 Å². The van der Waals surface area contributed by atoms with E-state index < -0.39 is 6.10 Å². The molecule has 0 radical (unpaired) electrons. The fourth-order valence-electron chi connectivity index (χ4n) is 3.82. The van der Waals surface area contributed by atoms with Crippen LogP contribution in [0.4, 0.5) is 0 Å². The summed E-state index contributed by atoms with van der Waals surface area (Å²) in [4.78, 5) is 12.0. The lowest BCUT2D eigenvalue weighted by Gasteiger charge is -2.36. The number of amides is 1. The molecule has 0 saturated carbocycles. The van der Waals surface area contributed by atoms with Crippen LogP contribution in [0.15, 0.2) is 96.3 Å². The van der Waals surface area contributed by atoms with Crippen LogP contribution in [0.2, 0.25) is 0 Å². The fourth-order valence-corrected chi connectivity index (χ4v) is 3.82. The summed E-state index contributed by atoms with van der Waals surface area (Å²) in [6.45, 7) is 1.55. The fraction of sp³-hybridized carbons (Fsp3) is 0.240.